The Morgan fingerprint density at radius 2 is 1.84 bits per heavy atom. The van der Waals surface area contributed by atoms with Crippen molar-refractivity contribution in [2.45, 2.75) is 37.2 Å². The fourth-order valence-corrected chi connectivity index (χ4v) is 4.59. The van der Waals surface area contributed by atoms with Gasteiger partial charge in [-0.05, 0) is 55.5 Å². The summed E-state index contributed by atoms with van der Waals surface area (Å²) in [6.07, 6.45) is 1.84. The van der Waals surface area contributed by atoms with E-state index < -0.39 is 23.2 Å². The van der Waals surface area contributed by atoms with Crippen molar-refractivity contribution in [1.29, 1.82) is 0 Å². The molecule has 0 saturated heterocycles. The molecule has 1 N–H and O–H groups in total. The molecule has 5 heteroatoms. The second-order valence-corrected chi connectivity index (χ2v) is 7.57. The van der Waals surface area contributed by atoms with Gasteiger partial charge in [0.15, 0.2) is 11.6 Å². The first-order valence-electron chi connectivity index (χ1n) is 8.53. The highest BCUT2D eigenvalue weighted by Gasteiger charge is 2.50. The summed E-state index contributed by atoms with van der Waals surface area (Å²) in [5, 5.41) is 10.7. The normalized spacial score (nSPS) is 28.0. The fourth-order valence-electron chi connectivity index (χ4n) is 4.47. The van der Waals surface area contributed by atoms with Crippen LogP contribution in [0.2, 0.25) is 5.02 Å². The van der Waals surface area contributed by atoms with Crippen molar-refractivity contribution in [2.24, 2.45) is 5.92 Å². The van der Waals surface area contributed by atoms with Gasteiger partial charge in [-0.25, -0.2) is 8.78 Å². The predicted molar refractivity (Wildman–Crippen MR) is 92.0 cm³/mol. The Balaban J connectivity index is 1.85. The summed E-state index contributed by atoms with van der Waals surface area (Å²) in [5.74, 6) is -1.000. The first kappa shape index (κ1) is 16.8. The van der Waals surface area contributed by atoms with Crippen molar-refractivity contribution >= 4 is 11.6 Å². The highest BCUT2D eigenvalue weighted by Crippen LogP contribution is 2.53. The van der Waals surface area contributed by atoms with E-state index >= 15 is 0 Å². The van der Waals surface area contributed by atoms with E-state index in [4.69, 9.17) is 16.3 Å². The van der Waals surface area contributed by atoms with E-state index in [1.165, 1.54) is 6.07 Å². The van der Waals surface area contributed by atoms with Crippen molar-refractivity contribution in [3.8, 4) is 5.75 Å². The van der Waals surface area contributed by atoms with Crippen LogP contribution < -0.4 is 4.74 Å². The molecule has 2 aromatic rings. The molecule has 1 aliphatic heterocycles. The Morgan fingerprint density at radius 3 is 2.60 bits per heavy atom. The van der Waals surface area contributed by atoms with E-state index in [9.17, 15) is 13.9 Å². The van der Waals surface area contributed by atoms with E-state index in [0.29, 0.717) is 36.3 Å². The lowest BCUT2D eigenvalue weighted by molar-refractivity contribution is 0.00912. The average Bonchev–Trinajstić information content (AvgIpc) is 2.60. The van der Waals surface area contributed by atoms with Gasteiger partial charge in [-0.3, -0.25) is 0 Å². The van der Waals surface area contributed by atoms with Crippen LogP contribution in [0.5, 0.6) is 5.75 Å². The lowest BCUT2D eigenvalue weighted by Gasteiger charge is -2.49. The molecule has 1 fully saturated rings. The van der Waals surface area contributed by atoms with Gasteiger partial charge in [0, 0.05) is 21.9 Å². The van der Waals surface area contributed by atoms with Crippen molar-refractivity contribution < 1.29 is 18.6 Å². The molecule has 1 saturated carbocycles. The summed E-state index contributed by atoms with van der Waals surface area (Å²) < 4.78 is 34.7. The maximum absolute atomic E-state index is 14.8. The predicted octanol–water partition coefficient (Wildman–Crippen LogP) is 4.65. The van der Waals surface area contributed by atoms with Crippen LogP contribution in [0.3, 0.4) is 0 Å². The lowest BCUT2D eigenvalue weighted by Crippen LogP contribution is -2.49. The van der Waals surface area contributed by atoms with Gasteiger partial charge < -0.3 is 9.84 Å². The molecule has 1 aliphatic carbocycles. The van der Waals surface area contributed by atoms with Crippen LogP contribution in [0.1, 0.15) is 30.4 Å². The van der Waals surface area contributed by atoms with Gasteiger partial charge >= 0.3 is 0 Å². The molecule has 4 rings (SSSR count). The Hall–Kier alpha value is -1.65. The zero-order valence-corrected chi connectivity index (χ0v) is 14.4. The summed E-state index contributed by atoms with van der Waals surface area (Å²) in [5.41, 5.74) is 0.764. The number of aliphatic hydroxyl groups excluding tert-OH is 1. The van der Waals surface area contributed by atoms with Crippen LogP contribution >= 0.6 is 11.6 Å². The van der Waals surface area contributed by atoms with Crippen LogP contribution in [0.15, 0.2) is 36.4 Å². The zero-order valence-electron chi connectivity index (χ0n) is 13.6. The molecule has 0 amide bonds. The number of aliphatic hydroxyl groups is 1. The van der Waals surface area contributed by atoms with E-state index in [2.05, 4.69) is 0 Å². The summed E-state index contributed by atoms with van der Waals surface area (Å²) in [4.78, 5) is 0. The zero-order chi connectivity index (χ0) is 17.6. The Morgan fingerprint density at radius 1 is 1.12 bits per heavy atom. The highest BCUT2D eigenvalue weighted by atomic mass is 35.5. The van der Waals surface area contributed by atoms with Crippen molar-refractivity contribution in [3.63, 3.8) is 0 Å². The maximum atomic E-state index is 14.8. The minimum Gasteiger partial charge on any atom is -0.490 e. The molecule has 0 radical (unpaired) electrons. The number of fused-ring (bicyclic) bond motifs is 3. The van der Waals surface area contributed by atoms with Gasteiger partial charge in [-0.1, -0.05) is 23.7 Å². The molecular weight excluding hydrogens is 346 g/mol. The standard InChI is InChI=1S/C20H19ClF2O2/c21-14-3-1-12(2-4-14)10-20-8-7-15(24)9-13(20)11-25-19-17(23)6-5-16(22)18(19)20/h1-6,13,15,24H,7-11H2/t13-,15-,20+/m1/s1. The Bertz CT molecular complexity index is 793. The van der Waals surface area contributed by atoms with Crippen LogP contribution in [0, 0.1) is 17.6 Å². The molecule has 0 unspecified atom stereocenters. The maximum Gasteiger partial charge on any atom is 0.165 e. The molecule has 1 heterocycles. The quantitative estimate of drug-likeness (QED) is 0.840. The van der Waals surface area contributed by atoms with Crippen molar-refractivity contribution in [2.75, 3.05) is 6.61 Å². The number of halogens is 3. The lowest BCUT2D eigenvalue weighted by atomic mass is 9.58. The third-order valence-corrected chi connectivity index (χ3v) is 5.93. The first-order valence-corrected chi connectivity index (χ1v) is 8.91. The molecule has 0 bridgehead atoms. The fraction of sp³-hybridized carbons (Fsp3) is 0.400. The van der Waals surface area contributed by atoms with E-state index in [0.717, 1.165) is 11.6 Å². The third kappa shape index (κ3) is 2.81. The topological polar surface area (TPSA) is 29.5 Å². The van der Waals surface area contributed by atoms with Gasteiger partial charge in [0.2, 0.25) is 0 Å². The molecule has 25 heavy (non-hydrogen) atoms. The Kier molecular flexibility index (Phi) is 4.20. The number of hydrogen-bond acceptors (Lipinski definition) is 2. The third-order valence-electron chi connectivity index (χ3n) is 5.68. The molecule has 2 aliphatic rings. The summed E-state index contributed by atoms with van der Waals surface area (Å²) in [6, 6.07) is 9.75. The van der Waals surface area contributed by atoms with Gasteiger partial charge in [0.25, 0.3) is 0 Å². The van der Waals surface area contributed by atoms with Crippen molar-refractivity contribution in [3.05, 3.63) is 64.2 Å². The second kappa shape index (κ2) is 6.26. The number of rotatable bonds is 2. The first-order chi connectivity index (χ1) is 12.0. The van der Waals surface area contributed by atoms with Gasteiger partial charge in [-0.15, -0.1) is 0 Å². The van der Waals surface area contributed by atoms with Crippen LogP contribution in [0.4, 0.5) is 8.78 Å². The minimum atomic E-state index is -0.577. The smallest absolute Gasteiger partial charge is 0.165 e. The van der Waals surface area contributed by atoms with Gasteiger partial charge in [-0.2, -0.15) is 0 Å². The SMILES string of the molecule is O[C@@H]1CC[C@@]2(Cc3ccc(Cl)cc3)c3c(F)ccc(F)c3OC[C@H]2C1. The largest absolute Gasteiger partial charge is 0.490 e. The highest BCUT2D eigenvalue weighted by molar-refractivity contribution is 6.30. The molecule has 2 aromatic carbocycles. The average molecular weight is 365 g/mol. The monoisotopic (exact) mass is 364 g/mol. The number of ether oxygens (including phenoxy) is 1. The summed E-state index contributed by atoms with van der Waals surface area (Å²) >= 11 is 5.97. The molecule has 2 nitrogen and oxygen atoms in total. The molecule has 0 aromatic heterocycles. The summed E-state index contributed by atoms with van der Waals surface area (Å²) in [7, 11) is 0. The molecule has 132 valence electrons. The number of hydrogen-bond donors (Lipinski definition) is 1. The van der Waals surface area contributed by atoms with Gasteiger partial charge in [0.1, 0.15) is 5.82 Å². The number of benzene rings is 2. The van der Waals surface area contributed by atoms with E-state index in [1.807, 2.05) is 24.3 Å². The van der Waals surface area contributed by atoms with Crippen LogP contribution in [0.25, 0.3) is 0 Å². The second-order valence-electron chi connectivity index (χ2n) is 7.13. The van der Waals surface area contributed by atoms with Crippen LogP contribution in [-0.4, -0.2) is 17.8 Å². The van der Waals surface area contributed by atoms with Crippen molar-refractivity contribution in [1.82, 2.24) is 0 Å². The molecule has 0 spiro atoms. The molecule has 3 atom stereocenters. The summed E-state index contributed by atoms with van der Waals surface area (Å²) in [6.45, 7) is 0.290. The minimum absolute atomic E-state index is 0.0293. The Labute approximate surface area is 150 Å². The van der Waals surface area contributed by atoms with E-state index in [1.54, 1.807) is 0 Å². The van der Waals surface area contributed by atoms with Gasteiger partial charge in [0.05, 0.1) is 12.7 Å². The van der Waals surface area contributed by atoms with Crippen LogP contribution in [-0.2, 0) is 11.8 Å². The van der Waals surface area contributed by atoms with E-state index in [-0.39, 0.29) is 18.3 Å². The molecular formula is C20H19ClF2O2.